The van der Waals surface area contributed by atoms with E-state index < -0.39 is 0 Å². The van der Waals surface area contributed by atoms with Crippen molar-refractivity contribution in [3.8, 4) is 18.0 Å². The van der Waals surface area contributed by atoms with E-state index in [1.165, 1.54) is 10.9 Å². The number of imidazole rings is 1. The molecule has 0 atom stereocenters. The number of aromatic nitrogens is 3. The molecule has 2 aromatic heterocycles. The Balaban J connectivity index is 2.62. The molecule has 0 aliphatic rings. The molecule has 5 nitrogen and oxygen atoms in total. The van der Waals surface area contributed by atoms with Crippen LogP contribution in [0.25, 0.3) is 5.82 Å². The number of pyridine rings is 1. The molecule has 2 rings (SSSR count). The van der Waals surface area contributed by atoms with Gasteiger partial charge in [-0.2, -0.15) is 10.5 Å². The summed E-state index contributed by atoms with van der Waals surface area (Å²) in [6.45, 7) is 0. The Morgan fingerprint density at radius 2 is 2.00 bits per heavy atom. The van der Waals surface area contributed by atoms with Crippen molar-refractivity contribution in [2.75, 3.05) is 0 Å². The molecule has 0 aliphatic carbocycles. The highest BCUT2D eigenvalue weighted by molar-refractivity contribution is 5.41. The molecular weight excluding hydrogens is 190 g/mol. The molecule has 0 saturated carbocycles. The molecule has 0 saturated heterocycles. The normalized spacial score (nSPS) is 9.20. The van der Waals surface area contributed by atoms with Gasteiger partial charge < -0.3 is 0 Å². The maximum atomic E-state index is 8.89. The van der Waals surface area contributed by atoms with Crippen LogP contribution in [-0.2, 0) is 0 Å². The molecule has 2 heterocycles. The number of hydrogen-bond acceptors (Lipinski definition) is 4. The van der Waals surface area contributed by atoms with E-state index in [1.54, 1.807) is 24.4 Å². The fraction of sp³-hybridized carbons (Fsp3) is 0. The quantitative estimate of drug-likeness (QED) is 0.680. The summed E-state index contributed by atoms with van der Waals surface area (Å²) in [5, 5.41) is 17.6. The smallest absolute Gasteiger partial charge is 0.177 e. The first kappa shape index (κ1) is 8.92. The van der Waals surface area contributed by atoms with Crippen LogP contribution in [0.4, 0.5) is 0 Å². The molecule has 0 aliphatic heterocycles. The summed E-state index contributed by atoms with van der Waals surface area (Å²) >= 11 is 0. The molecule has 0 bridgehead atoms. The van der Waals surface area contributed by atoms with E-state index in [4.69, 9.17) is 10.5 Å². The van der Waals surface area contributed by atoms with Gasteiger partial charge in [-0.05, 0) is 12.1 Å². The maximum absolute atomic E-state index is 8.89. The Bertz CT molecular complexity index is 556. The molecule has 2 aromatic rings. The predicted octanol–water partition coefficient (Wildman–Crippen LogP) is 1.01. The Kier molecular flexibility index (Phi) is 2.14. The Labute approximate surface area is 85.9 Å². The van der Waals surface area contributed by atoms with Crippen LogP contribution in [0.1, 0.15) is 11.4 Å². The summed E-state index contributed by atoms with van der Waals surface area (Å²) in [4.78, 5) is 7.89. The zero-order chi connectivity index (χ0) is 10.7. The van der Waals surface area contributed by atoms with Crippen LogP contribution in [0.5, 0.6) is 0 Å². The molecule has 0 fully saturated rings. The summed E-state index contributed by atoms with van der Waals surface area (Å²) < 4.78 is 1.48. The van der Waals surface area contributed by atoms with Crippen molar-refractivity contribution in [2.45, 2.75) is 0 Å². The van der Waals surface area contributed by atoms with Crippen molar-refractivity contribution < 1.29 is 0 Å². The van der Waals surface area contributed by atoms with Crippen molar-refractivity contribution in [3.05, 3.63) is 42.1 Å². The molecule has 0 amide bonds. The zero-order valence-electron chi connectivity index (χ0n) is 7.62. The molecule has 0 spiro atoms. The monoisotopic (exact) mass is 195 g/mol. The number of nitriles is 2. The highest BCUT2D eigenvalue weighted by atomic mass is 15.1. The first-order valence-corrected chi connectivity index (χ1v) is 4.15. The van der Waals surface area contributed by atoms with Crippen LogP contribution >= 0.6 is 0 Å². The van der Waals surface area contributed by atoms with E-state index in [2.05, 4.69) is 9.97 Å². The van der Waals surface area contributed by atoms with E-state index in [9.17, 15) is 0 Å². The minimum Gasteiger partial charge on any atom is -0.273 e. The number of hydrogen-bond donors (Lipinski definition) is 0. The topological polar surface area (TPSA) is 78.3 Å². The summed E-state index contributed by atoms with van der Waals surface area (Å²) in [5.41, 5.74) is 0.319. The van der Waals surface area contributed by atoms with Crippen LogP contribution in [0.2, 0.25) is 0 Å². The molecule has 5 heteroatoms. The lowest BCUT2D eigenvalue weighted by Crippen LogP contribution is -1.98. The van der Waals surface area contributed by atoms with Crippen molar-refractivity contribution in [1.82, 2.24) is 14.5 Å². The van der Waals surface area contributed by atoms with Gasteiger partial charge in [0.2, 0.25) is 0 Å². The summed E-state index contributed by atoms with van der Waals surface area (Å²) in [6.07, 6.45) is 3.03. The van der Waals surface area contributed by atoms with Gasteiger partial charge in [-0.15, -0.1) is 0 Å². The van der Waals surface area contributed by atoms with Crippen molar-refractivity contribution in [2.24, 2.45) is 0 Å². The van der Waals surface area contributed by atoms with Gasteiger partial charge in [0.1, 0.15) is 24.3 Å². The minimum absolute atomic E-state index is 0.114. The predicted molar refractivity (Wildman–Crippen MR) is 50.8 cm³/mol. The van der Waals surface area contributed by atoms with Crippen LogP contribution in [0.15, 0.2) is 30.7 Å². The minimum atomic E-state index is 0.114. The second-order valence-electron chi connectivity index (χ2n) is 2.72. The summed E-state index contributed by atoms with van der Waals surface area (Å²) in [6, 6.07) is 9.10. The average Bonchev–Trinajstić information content (AvgIpc) is 2.72. The molecular formula is C10H5N5. The summed E-state index contributed by atoms with van der Waals surface area (Å²) in [5.74, 6) is 0.572. The maximum Gasteiger partial charge on any atom is 0.177 e. The van der Waals surface area contributed by atoms with E-state index in [-0.39, 0.29) is 11.4 Å². The van der Waals surface area contributed by atoms with Gasteiger partial charge in [0.15, 0.2) is 11.4 Å². The van der Waals surface area contributed by atoms with Gasteiger partial charge in [-0.3, -0.25) is 4.57 Å². The van der Waals surface area contributed by atoms with Gasteiger partial charge >= 0.3 is 0 Å². The fourth-order valence-electron chi connectivity index (χ4n) is 1.21. The first-order valence-electron chi connectivity index (χ1n) is 4.15. The second-order valence-corrected chi connectivity index (χ2v) is 2.72. The summed E-state index contributed by atoms with van der Waals surface area (Å²) in [7, 11) is 0. The average molecular weight is 195 g/mol. The van der Waals surface area contributed by atoms with Crippen molar-refractivity contribution in [1.29, 1.82) is 10.5 Å². The first-order chi connectivity index (χ1) is 7.36. The molecule has 0 aromatic carbocycles. The van der Waals surface area contributed by atoms with Crippen molar-refractivity contribution in [3.63, 3.8) is 0 Å². The van der Waals surface area contributed by atoms with E-state index in [0.29, 0.717) is 5.82 Å². The van der Waals surface area contributed by atoms with Crippen LogP contribution in [-0.4, -0.2) is 14.5 Å². The van der Waals surface area contributed by atoms with Gasteiger partial charge in [-0.25, -0.2) is 9.97 Å². The van der Waals surface area contributed by atoms with Crippen molar-refractivity contribution >= 4 is 0 Å². The zero-order valence-corrected chi connectivity index (χ0v) is 7.62. The largest absolute Gasteiger partial charge is 0.273 e. The number of nitrogens with zero attached hydrogens (tertiary/aromatic N) is 5. The Morgan fingerprint density at radius 3 is 2.60 bits per heavy atom. The van der Waals surface area contributed by atoms with E-state index in [1.807, 2.05) is 12.1 Å². The molecule has 0 radical (unpaired) electrons. The fourth-order valence-corrected chi connectivity index (χ4v) is 1.21. The van der Waals surface area contributed by atoms with Gasteiger partial charge in [-0.1, -0.05) is 6.07 Å². The highest BCUT2D eigenvalue weighted by Crippen LogP contribution is 2.10. The third-order valence-electron chi connectivity index (χ3n) is 1.88. The van der Waals surface area contributed by atoms with Crippen LogP contribution < -0.4 is 0 Å². The lowest BCUT2D eigenvalue weighted by atomic mass is 10.3. The molecule has 0 N–H and O–H groups in total. The lowest BCUT2D eigenvalue weighted by molar-refractivity contribution is 0.976. The van der Waals surface area contributed by atoms with Gasteiger partial charge in [0.25, 0.3) is 0 Å². The lowest BCUT2D eigenvalue weighted by Gasteiger charge is -2.00. The van der Waals surface area contributed by atoms with Crippen LogP contribution in [0, 0.1) is 22.7 Å². The second kappa shape index (κ2) is 3.60. The van der Waals surface area contributed by atoms with Crippen LogP contribution in [0.3, 0.4) is 0 Å². The third-order valence-corrected chi connectivity index (χ3v) is 1.88. The molecule has 15 heavy (non-hydrogen) atoms. The van der Waals surface area contributed by atoms with E-state index >= 15 is 0 Å². The SMILES string of the molecule is N#Cc1ncn(-c2ccccn2)c1C#N. The van der Waals surface area contributed by atoms with E-state index in [0.717, 1.165) is 0 Å². The highest BCUT2D eigenvalue weighted by Gasteiger charge is 2.11. The Hall–Kier alpha value is -2.66. The van der Waals surface area contributed by atoms with Gasteiger partial charge in [0, 0.05) is 6.20 Å². The molecule has 70 valence electrons. The Morgan fingerprint density at radius 1 is 1.13 bits per heavy atom. The van der Waals surface area contributed by atoms with Gasteiger partial charge in [0.05, 0.1) is 0 Å². The molecule has 0 unspecified atom stereocenters. The number of rotatable bonds is 1. The third kappa shape index (κ3) is 1.43. The standard InChI is InChI=1S/C10H5N5/c11-5-8-9(6-12)15(7-14-8)10-3-1-2-4-13-10/h1-4,7H.